The number of aryl methyl sites for hydroxylation is 1. The third kappa shape index (κ3) is 2.63. The molecule has 0 bridgehead atoms. The Labute approximate surface area is 97.8 Å². The van der Waals surface area contributed by atoms with Crippen LogP contribution in [0, 0.1) is 6.92 Å². The molecule has 0 heterocycles. The van der Waals surface area contributed by atoms with Gasteiger partial charge in [0, 0.05) is 16.6 Å². The minimum Gasteiger partial charge on any atom is -0.504 e. The zero-order valence-electron chi connectivity index (χ0n) is 8.88. The van der Waals surface area contributed by atoms with Gasteiger partial charge in [-0.05, 0) is 31.4 Å². The van der Waals surface area contributed by atoms with Crippen molar-refractivity contribution in [3.63, 3.8) is 0 Å². The molecule has 3 nitrogen and oxygen atoms in total. The van der Waals surface area contributed by atoms with Crippen molar-refractivity contribution in [1.29, 1.82) is 0 Å². The van der Waals surface area contributed by atoms with E-state index < -0.39 is 0 Å². The van der Waals surface area contributed by atoms with Crippen molar-refractivity contribution < 1.29 is 14.9 Å². The molecule has 0 aliphatic carbocycles. The van der Waals surface area contributed by atoms with Crippen molar-refractivity contribution in [2.24, 2.45) is 0 Å². The maximum atomic E-state index is 9.88. The van der Waals surface area contributed by atoms with E-state index in [1.807, 2.05) is 6.92 Å². The first kappa shape index (κ1) is 12.3. The molecule has 0 saturated heterocycles. The summed E-state index contributed by atoms with van der Waals surface area (Å²) in [5, 5.41) is 18.7. The Hall–Kier alpha value is -0.740. The number of phenols is 1. The molecule has 0 aliphatic rings. The van der Waals surface area contributed by atoms with Crippen LogP contribution < -0.4 is 4.74 Å². The van der Waals surface area contributed by atoms with Gasteiger partial charge in [-0.1, -0.05) is 15.9 Å². The molecule has 0 aliphatic heterocycles. The summed E-state index contributed by atoms with van der Waals surface area (Å²) in [6.07, 6.45) is 1.25. The van der Waals surface area contributed by atoms with Gasteiger partial charge in [0.1, 0.15) is 0 Å². The lowest BCUT2D eigenvalue weighted by Crippen LogP contribution is -1.96. The Morgan fingerprint density at radius 3 is 2.67 bits per heavy atom. The van der Waals surface area contributed by atoms with Crippen molar-refractivity contribution >= 4 is 15.9 Å². The first-order valence-corrected chi connectivity index (χ1v) is 5.57. The first-order valence-electron chi connectivity index (χ1n) is 4.77. The molecule has 1 aromatic rings. The Balaban J connectivity index is 3.15. The normalized spacial score (nSPS) is 10.4. The molecule has 4 heteroatoms. The van der Waals surface area contributed by atoms with Gasteiger partial charge in [0.25, 0.3) is 0 Å². The van der Waals surface area contributed by atoms with Gasteiger partial charge >= 0.3 is 0 Å². The van der Waals surface area contributed by atoms with E-state index >= 15 is 0 Å². The number of benzene rings is 1. The highest BCUT2D eigenvalue weighted by molar-refractivity contribution is 9.10. The summed E-state index contributed by atoms with van der Waals surface area (Å²) in [7, 11) is 1.53. The van der Waals surface area contributed by atoms with Crippen LogP contribution >= 0.6 is 15.9 Å². The van der Waals surface area contributed by atoms with Crippen LogP contribution in [0.3, 0.4) is 0 Å². The predicted molar refractivity (Wildman–Crippen MR) is 62.5 cm³/mol. The summed E-state index contributed by atoms with van der Waals surface area (Å²) < 4.78 is 5.95. The third-order valence-electron chi connectivity index (χ3n) is 2.28. The molecular formula is C11H15BrO3. The number of rotatable bonds is 4. The second-order valence-corrected chi connectivity index (χ2v) is 4.16. The Kier molecular flexibility index (Phi) is 4.42. The highest BCUT2D eigenvalue weighted by Crippen LogP contribution is 2.38. The average Bonchev–Trinajstić information content (AvgIpc) is 2.23. The van der Waals surface area contributed by atoms with E-state index in [2.05, 4.69) is 15.9 Å². The summed E-state index contributed by atoms with van der Waals surface area (Å²) in [6, 6.07) is 1.78. The zero-order valence-corrected chi connectivity index (χ0v) is 10.5. The van der Waals surface area contributed by atoms with Gasteiger partial charge < -0.3 is 14.9 Å². The molecule has 2 N–H and O–H groups in total. The van der Waals surface area contributed by atoms with Crippen molar-refractivity contribution in [2.75, 3.05) is 13.7 Å². The molecule has 0 radical (unpaired) electrons. The summed E-state index contributed by atoms with van der Waals surface area (Å²) in [5.41, 5.74) is 1.80. The molecule has 0 spiro atoms. The topological polar surface area (TPSA) is 49.7 Å². The van der Waals surface area contributed by atoms with Crippen molar-refractivity contribution in [3.8, 4) is 11.5 Å². The fraction of sp³-hybridized carbons (Fsp3) is 0.455. The van der Waals surface area contributed by atoms with Crippen LogP contribution in [0.15, 0.2) is 10.5 Å². The number of hydrogen-bond donors (Lipinski definition) is 2. The van der Waals surface area contributed by atoms with E-state index in [-0.39, 0.29) is 12.4 Å². The maximum absolute atomic E-state index is 9.88. The molecule has 1 aromatic carbocycles. The van der Waals surface area contributed by atoms with E-state index in [0.717, 1.165) is 15.6 Å². The van der Waals surface area contributed by atoms with Gasteiger partial charge in [-0.15, -0.1) is 0 Å². The molecule has 0 aromatic heterocycles. The lowest BCUT2D eigenvalue weighted by atomic mass is 10.0. The SMILES string of the molecule is COc1cc(C)c(Br)c(CCCO)c1O. The van der Waals surface area contributed by atoms with E-state index in [1.54, 1.807) is 6.07 Å². The fourth-order valence-corrected chi connectivity index (χ4v) is 1.96. The van der Waals surface area contributed by atoms with E-state index in [9.17, 15) is 5.11 Å². The van der Waals surface area contributed by atoms with Gasteiger partial charge in [0.2, 0.25) is 0 Å². The number of halogens is 1. The number of ether oxygens (including phenoxy) is 1. The molecule has 15 heavy (non-hydrogen) atoms. The summed E-state index contributed by atoms with van der Waals surface area (Å²) in [4.78, 5) is 0. The molecule has 0 fully saturated rings. The lowest BCUT2D eigenvalue weighted by Gasteiger charge is -2.13. The van der Waals surface area contributed by atoms with Crippen molar-refractivity contribution in [2.45, 2.75) is 19.8 Å². The molecule has 1 rings (SSSR count). The number of aliphatic hydroxyl groups is 1. The highest BCUT2D eigenvalue weighted by Gasteiger charge is 2.14. The van der Waals surface area contributed by atoms with Crippen LogP contribution in [0.25, 0.3) is 0 Å². The Morgan fingerprint density at radius 2 is 2.13 bits per heavy atom. The second-order valence-electron chi connectivity index (χ2n) is 3.36. The van der Waals surface area contributed by atoms with E-state index in [0.29, 0.717) is 18.6 Å². The van der Waals surface area contributed by atoms with E-state index in [1.165, 1.54) is 7.11 Å². The van der Waals surface area contributed by atoms with Crippen LogP contribution in [0.1, 0.15) is 17.5 Å². The third-order valence-corrected chi connectivity index (χ3v) is 3.39. The fourth-order valence-electron chi connectivity index (χ4n) is 1.46. The molecule has 0 amide bonds. The summed E-state index contributed by atoms with van der Waals surface area (Å²) in [5.74, 6) is 0.632. The second kappa shape index (κ2) is 5.37. The van der Waals surface area contributed by atoms with Crippen molar-refractivity contribution in [1.82, 2.24) is 0 Å². The number of aromatic hydroxyl groups is 1. The minimum absolute atomic E-state index is 0.113. The smallest absolute Gasteiger partial charge is 0.162 e. The highest BCUT2D eigenvalue weighted by atomic mass is 79.9. The monoisotopic (exact) mass is 274 g/mol. The number of hydrogen-bond acceptors (Lipinski definition) is 3. The van der Waals surface area contributed by atoms with Crippen LogP contribution in [0.4, 0.5) is 0 Å². The number of methoxy groups -OCH3 is 1. The predicted octanol–water partition coefficient (Wildman–Crippen LogP) is 2.40. The minimum atomic E-state index is 0.113. The Bertz CT molecular complexity index is 350. The van der Waals surface area contributed by atoms with Gasteiger partial charge in [0.05, 0.1) is 7.11 Å². The molecule has 0 atom stereocenters. The van der Waals surface area contributed by atoms with Gasteiger partial charge in [0.15, 0.2) is 11.5 Å². The first-order chi connectivity index (χ1) is 7.11. The zero-order chi connectivity index (χ0) is 11.4. The molecule has 0 unspecified atom stereocenters. The van der Waals surface area contributed by atoms with Crippen LogP contribution in [0.2, 0.25) is 0 Å². The largest absolute Gasteiger partial charge is 0.504 e. The van der Waals surface area contributed by atoms with E-state index in [4.69, 9.17) is 9.84 Å². The van der Waals surface area contributed by atoms with Crippen LogP contribution in [-0.4, -0.2) is 23.9 Å². The summed E-state index contributed by atoms with van der Waals surface area (Å²) >= 11 is 3.43. The van der Waals surface area contributed by atoms with Crippen LogP contribution in [0.5, 0.6) is 11.5 Å². The summed E-state index contributed by atoms with van der Waals surface area (Å²) in [6.45, 7) is 2.05. The van der Waals surface area contributed by atoms with Crippen molar-refractivity contribution in [3.05, 3.63) is 21.7 Å². The average molecular weight is 275 g/mol. The number of phenolic OH excluding ortho intramolecular Hbond substituents is 1. The Morgan fingerprint density at radius 1 is 1.47 bits per heavy atom. The van der Waals surface area contributed by atoms with Gasteiger partial charge in [-0.2, -0.15) is 0 Å². The molecule has 84 valence electrons. The number of aliphatic hydroxyl groups excluding tert-OH is 1. The molecular weight excluding hydrogens is 260 g/mol. The van der Waals surface area contributed by atoms with Gasteiger partial charge in [-0.25, -0.2) is 0 Å². The maximum Gasteiger partial charge on any atom is 0.162 e. The lowest BCUT2D eigenvalue weighted by molar-refractivity contribution is 0.287. The quantitative estimate of drug-likeness (QED) is 0.887. The van der Waals surface area contributed by atoms with Crippen LogP contribution in [-0.2, 0) is 6.42 Å². The van der Waals surface area contributed by atoms with Gasteiger partial charge in [-0.3, -0.25) is 0 Å². The standard InChI is InChI=1S/C11H15BrO3/c1-7-6-9(15-2)11(14)8(10(7)12)4-3-5-13/h6,13-14H,3-5H2,1-2H3. The molecule has 0 saturated carbocycles.